The Balaban J connectivity index is 1.72. The maximum absolute atomic E-state index is 13.6. The van der Waals surface area contributed by atoms with E-state index in [-0.39, 0.29) is 36.0 Å². The molecule has 1 unspecified atom stereocenters. The number of carbonyl (C=O) groups is 1. The summed E-state index contributed by atoms with van der Waals surface area (Å²) in [6.07, 6.45) is 1.60. The number of esters is 1. The van der Waals surface area contributed by atoms with Gasteiger partial charge in [-0.3, -0.25) is 9.36 Å². The van der Waals surface area contributed by atoms with Crippen molar-refractivity contribution in [1.82, 2.24) is 4.57 Å². The average molecular weight is 480 g/mol. The van der Waals surface area contributed by atoms with Crippen LogP contribution in [-0.2, 0) is 9.53 Å². The molecule has 174 valence electrons. The highest BCUT2D eigenvalue weighted by molar-refractivity contribution is 7.07. The number of nitrogens with zero attached hydrogens (tertiary/aromatic N) is 2. The Morgan fingerprint density at radius 3 is 2.76 bits per heavy atom. The summed E-state index contributed by atoms with van der Waals surface area (Å²) in [5, 5.41) is 19.4. The van der Waals surface area contributed by atoms with Gasteiger partial charge in [0.2, 0.25) is 6.79 Å². The van der Waals surface area contributed by atoms with Gasteiger partial charge in [-0.25, -0.2) is 9.79 Å². The molecular formula is C24H20N2O7S. The first kappa shape index (κ1) is 21.8. The lowest BCUT2D eigenvalue weighted by molar-refractivity contribution is -0.139. The van der Waals surface area contributed by atoms with Crippen LogP contribution in [-0.4, -0.2) is 34.1 Å². The molecule has 5 rings (SSSR count). The molecule has 1 atom stereocenters. The van der Waals surface area contributed by atoms with Crippen LogP contribution >= 0.6 is 11.3 Å². The zero-order valence-corrected chi connectivity index (χ0v) is 19.1. The molecule has 0 aliphatic carbocycles. The Bertz CT molecular complexity index is 1530. The number of thiazole rings is 1. The van der Waals surface area contributed by atoms with E-state index in [1.54, 1.807) is 44.2 Å². The number of phenols is 2. The molecule has 0 amide bonds. The van der Waals surface area contributed by atoms with Gasteiger partial charge in [0.25, 0.3) is 5.56 Å². The minimum atomic E-state index is -0.778. The van der Waals surface area contributed by atoms with Crippen molar-refractivity contribution in [2.75, 3.05) is 13.4 Å². The highest BCUT2D eigenvalue weighted by Gasteiger charge is 2.34. The third kappa shape index (κ3) is 3.61. The highest BCUT2D eigenvalue weighted by Crippen LogP contribution is 2.38. The summed E-state index contributed by atoms with van der Waals surface area (Å²) in [6.45, 7) is 3.70. The van der Waals surface area contributed by atoms with Crippen LogP contribution in [0.5, 0.6) is 23.0 Å². The summed E-state index contributed by atoms with van der Waals surface area (Å²) in [6, 6.07) is 8.78. The molecule has 0 bridgehead atoms. The lowest BCUT2D eigenvalue weighted by atomic mass is 9.95. The van der Waals surface area contributed by atoms with Crippen LogP contribution in [0.1, 0.15) is 31.0 Å². The number of hydrogen-bond acceptors (Lipinski definition) is 9. The van der Waals surface area contributed by atoms with Crippen molar-refractivity contribution < 1.29 is 29.2 Å². The van der Waals surface area contributed by atoms with E-state index in [2.05, 4.69) is 4.99 Å². The van der Waals surface area contributed by atoms with E-state index in [0.717, 1.165) is 11.3 Å². The van der Waals surface area contributed by atoms with Gasteiger partial charge in [0.15, 0.2) is 27.8 Å². The van der Waals surface area contributed by atoms with Crippen LogP contribution in [0, 0.1) is 0 Å². The Kier molecular flexibility index (Phi) is 5.37. The van der Waals surface area contributed by atoms with E-state index in [1.165, 1.54) is 16.7 Å². The van der Waals surface area contributed by atoms with Crippen molar-refractivity contribution in [2.45, 2.75) is 19.9 Å². The normalized spacial score (nSPS) is 16.9. The zero-order valence-electron chi connectivity index (χ0n) is 18.3. The summed E-state index contributed by atoms with van der Waals surface area (Å²) in [5.74, 6) is 0.0132. The molecule has 2 N–H and O–H groups in total. The van der Waals surface area contributed by atoms with Gasteiger partial charge in [-0.05, 0) is 55.3 Å². The van der Waals surface area contributed by atoms with Crippen molar-refractivity contribution in [3.05, 3.63) is 78.5 Å². The van der Waals surface area contributed by atoms with Gasteiger partial charge in [0.1, 0.15) is 0 Å². The number of aromatic nitrogens is 1. The summed E-state index contributed by atoms with van der Waals surface area (Å²) in [4.78, 5) is 31.5. The predicted molar refractivity (Wildman–Crippen MR) is 123 cm³/mol. The largest absolute Gasteiger partial charge is 0.504 e. The van der Waals surface area contributed by atoms with E-state index in [4.69, 9.17) is 14.2 Å². The highest BCUT2D eigenvalue weighted by atomic mass is 32.1. The fraction of sp³-hybridized carbons (Fsp3) is 0.208. The van der Waals surface area contributed by atoms with Crippen molar-refractivity contribution in [3.8, 4) is 23.0 Å². The van der Waals surface area contributed by atoms with Gasteiger partial charge in [-0.1, -0.05) is 23.5 Å². The Labute approximate surface area is 197 Å². The Morgan fingerprint density at radius 2 is 2.00 bits per heavy atom. The summed E-state index contributed by atoms with van der Waals surface area (Å²) in [7, 11) is 0. The summed E-state index contributed by atoms with van der Waals surface area (Å²) >= 11 is 1.16. The number of allylic oxidation sites excluding steroid dienone is 1. The van der Waals surface area contributed by atoms with Crippen LogP contribution in [0.3, 0.4) is 0 Å². The topological polar surface area (TPSA) is 120 Å². The predicted octanol–water partition coefficient (Wildman–Crippen LogP) is 1.94. The molecule has 34 heavy (non-hydrogen) atoms. The molecule has 9 nitrogen and oxygen atoms in total. The lowest BCUT2D eigenvalue weighted by Crippen LogP contribution is -2.39. The maximum atomic E-state index is 13.6. The molecule has 3 heterocycles. The number of benzene rings is 2. The number of hydrogen-bond donors (Lipinski definition) is 2. The Morgan fingerprint density at radius 1 is 1.21 bits per heavy atom. The van der Waals surface area contributed by atoms with E-state index < -0.39 is 12.0 Å². The van der Waals surface area contributed by atoms with Crippen LogP contribution in [0.2, 0.25) is 0 Å². The number of carbonyl (C=O) groups excluding carboxylic acids is 1. The molecule has 3 aromatic rings. The van der Waals surface area contributed by atoms with Crippen LogP contribution in [0.15, 0.2) is 57.5 Å². The van der Waals surface area contributed by atoms with E-state index in [9.17, 15) is 19.8 Å². The van der Waals surface area contributed by atoms with Crippen molar-refractivity contribution in [2.24, 2.45) is 4.99 Å². The minimum Gasteiger partial charge on any atom is -0.504 e. The van der Waals surface area contributed by atoms with Gasteiger partial charge < -0.3 is 24.4 Å². The van der Waals surface area contributed by atoms with Crippen molar-refractivity contribution in [3.63, 3.8) is 0 Å². The second kappa shape index (κ2) is 8.38. The molecule has 0 spiro atoms. The zero-order chi connectivity index (χ0) is 24.0. The lowest BCUT2D eigenvalue weighted by Gasteiger charge is -2.24. The first-order valence-electron chi connectivity index (χ1n) is 10.5. The monoisotopic (exact) mass is 480 g/mol. The van der Waals surface area contributed by atoms with Crippen LogP contribution < -0.4 is 24.4 Å². The first-order chi connectivity index (χ1) is 16.4. The van der Waals surface area contributed by atoms with Gasteiger partial charge in [0, 0.05) is 0 Å². The standard InChI is InChI=1S/C24H20N2O7S/c1-3-31-23(30)20-12(2)25-24-26(21(20)14-5-7-17-18(10-14)33-11-32-17)22(29)19(34-24)9-13-4-6-15(27)16(28)8-13/h4-10,21,27-28H,3,11H2,1-2H3/b19-9+. The third-order valence-corrected chi connectivity index (χ3v) is 6.51. The molecule has 0 saturated heterocycles. The first-order valence-corrected chi connectivity index (χ1v) is 11.3. The number of phenolic OH excluding ortho intramolecular Hbond substituents is 2. The smallest absolute Gasteiger partial charge is 0.338 e. The van der Waals surface area contributed by atoms with Crippen molar-refractivity contribution in [1.29, 1.82) is 0 Å². The minimum absolute atomic E-state index is 0.0978. The molecule has 2 aliphatic rings. The molecule has 10 heteroatoms. The van der Waals surface area contributed by atoms with Gasteiger partial charge >= 0.3 is 5.97 Å². The number of rotatable bonds is 4. The fourth-order valence-electron chi connectivity index (χ4n) is 3.97. The third-order valence-electron chi connectivity index (χ3n) is 5.53. The van der Waals surface area contributed by atoms with E-state index in [0.29, 0.717) is 37.7 Å². The fourth-order valence-corrected chi connectivity index (χ4v) is 5.02. The number of aromatic hydroxyl groups is 2. The van der Waals surface area contributed by atoms with Gasteiger partial charge in [0.05, 0.1) is 28.5 Å². The summed E-state index contributed by atoms with van der Waals surface area (Å²) in [5.41, 5.74) is 1.55. The molecule has 2 aromatic carbocycles. The van der Waals surface area contributed by atoms with Crippen LogP contribution in [0.4, 0.5) is 0 Å². The van der Waals surface area contributed by atoms with Crippen LogP contribution in [0.25, 0.3) is 6.08 Å². The maximum Gasteiger partial charge on any atom is 0.338 e. The molecule has 1 aromatic heterocycles. The van der Waals surface area contributed by atoms with Gasteiger partial charge in [-0.15, -0.1) is 0 Å². The quantitative estimate of drug-likeness (QED) is 0.433. The second-order valence-electron chi connectivity index (χ2n) is 7.66. The average Bonchev–Trinajstić information content (AvgIpc) is 3.39. The van der Waals surface area contributed by atoms with Crippen molar-refractivity contribution >= 4 is 23.4 Å². The Hall–Kier alpha value is -4.05. The van der Waals surface area contributed by atoms with E-state index >= 15 is 0 Å². The molecular weight excluding hydrogens is 460 g/mol. The second-order valence-corrected chi connectivity index (χ2v) is 8.67. The molecule has 0 fully saturated rings. The molecule has 2 aliphatic heterocycles. The van der Waals surface area contributed by atoms with Gasteiger partial charge in [-0.2, -0.15) is 0 Å². The summed E-state index contributed by atoms with van der Waals surface area (Å²) < 4.78 is 18.0. The van der Waals surface area contributed by atoms with E-state index in [1.807, 2.05) is 0 Å². The molecule has 0 radical (unpaired) electrons. The number of fused-ring (bicyclic) bond motifs is 2. The SMILES string of the molecule is CCOC(=O)C1=C(C)N=c2s/c(=C/c3ccc(O)c(O)c3)c(=O)n2C1c1ccc2c(c1)OCO2. The number of ether oxygens (including phenoxy) is 3. The molecule has 0 saturated carbocycles.